The Labute approximate surface area is 113 Å². The summed E-state index contributed by atoms with van der Waals surface area (Å²) >= 11 is 7.59. The molecule has 96 valence electrons. The van der Waals surface area contributed by atoms with E-state index in [2.05, 4.69) is 28.6 Å². The number of thiol groups is 1. The number of nitrogens with two attached hydrogens (primary N) is 1. The van der Waals surface area contributed by atoms with Gasteiger partial charge in [0.05, 0.1) is 0 Å². The topological polar surface area (TPSA) is 43.1 Å². The second-order valence-electron chi connectivity index (χ2n) is 4.61. The molecule has 0 saturated carbocycles. The van der Waals surface area contributed by atoms with Gasteiger partial charge in [0.25, 0.3) is 0 Å². The van der Waals surface area contributed by atoms with Crippen molar-refractivity contribution >= 4 is 34.5 Å². The van der Waals surface area contributed by atoms with Crippen molar-refractivity contribution in [2.24, 2.45) is 11.1 Å². The predicted molar refractivity (Wildman–Crippen MR) is 77.3 cm³/mol. The monoisotopic (exact) mass is 309 g/mol. The summed E-state index contributed by atoms with van der Waals surface area (Å²) in [6.07, 6.45) is 7.35. The largest absolute Gasteiger partial charge is 0.369 e. The number of carbonyl (C=O) groups is 1. The van der Waals surface area contributed by atoms with Gasteiger partial charge in [0, 0.05) is 10.7 Å². The van der Waals surface area contributed by atoms with Crippen molar-refractivity contribution in [1.82, 2.24) is 0 Å². The maximum absolute atomic E-state index is 11.5. The average molecular weight is 310 g/mol. The molecular formula is C12H24BrNOS. The van der Waals surface area contributed by atoms with E-state index in [9.17, 15) is 4.79 Å². The molecule has 1 unspecified atom stereocenters. The summed E-state index contributed by atoms with van der Waals surface area (Å²) in [5.74, 6) is 0.740. The van der Waals surface area contributed by atoms with Crippen molar-refractivity contribution in [3.8, 4) is 0 Å². The van der Waals surface area contributed by atoms with Gasteiger partial charge >= 0.3 is 0 Å². The Bertz CT molecular complexity index is 201. The van der Waals surface area contributed by atoms with Crippen LogP contribution in [-0.2, 0) is 4.79 Å². The quantitative estimate of drug-likeness (QED) is 0.362. The Kier molecular flexibility index (Phi) is 9.52. The summed E-state index contributed by atoms with van der Waals surface area (Å²) in [4.78, 5) is 11.5. The molecule has 0 radical (unpaired) electrons. The summed E-state index contributed by atoms with van der Waals surface area (Å²) in [5, 5.41) is 1.04. The van der Waals surface area contributed by atoms with Gasteiger partial charge in [-0.1, -0.05) is 42.1 Å². The number of halogens is 1. The summed E-state index contributed by atoms with van der Waals surface area (Å²) in [7, 11) is 0. The molecule has 1 atom stereocenters. The van der Waals surface area contributed by atoms with Crippen LogP contribution in [0.1, 0.15) is 51.9 Å². The van der Waals surface area contributed by atoms with Gasteiger partial charge < -0.3 is 5.73 Å². The SMILES string of the molecule is CC(CCCCS)(CCCCCBr)C(N)=O. The zero-order valence-corrected chi connectivity index (χ0v) is 12.7. The summed E-state index contributed by atoms with van der Waals surface area (Å²) < 4.78 is 0. The minimum atomic E-state index is -0.310. The number of carbonyl (C=O) groups excluding carboxylic acids is 1. The molecule has 0 saturated heterocycles. The number of hydrogen-bond donors (Lipinski definition) is 2. The van der Waals surface area contributed by atoms with Gasteiger partial charge in [-0.25, -0.2) is 0 Å². The van der Waals surface area contributed by atoms with Gasteiger partial charge in [0.1, 0.15) is 0 Å². The minimum Gasteiger partial charge on any atom is -0.369 e. The molecule has 2 N–H and O–H groups in total. The molecule has 0 aromatic carbocycles. The van der Waals surface area contributed by atoms with E-state index >= 15 is 0 Å². The van der Waals surface area contributed by atoms with E-state index in [0.29, 0.717) is 0 Å². The average Bonchev–Trinajstić information content (AvgIpc) is 2.25. The van der Waals surface area contributed by atoms with Crippen LogP contribution in [0, 0.1) is 5.41 Å². The van der Waals surface area contributed by atoms with Crippen molar-refractivity contribution < 1.29 is 4.79 Å². The van der Waals surface area contributed by atoms with Gasteiger partial charge in [-0.3, -0.25) is 4.79 Å². The molecule has 0 heterocycles. The number of amides is 1. The molecule has 0 fully saturated rings. The van der Waals surface area contributed by atoms with Crippen molar-refractivity contribution in [3.63, 3.8) is 0 Å². The lowest BCUT2D eigenvalue weighted by Crippen LogP contribution is -2.34. The lowest BCUT2D eigenvalue weighted by atomic mass is 9.79. The van der Waals surface area contributed by atoms with Crippen LogP contribution in [0.5, 0.6) is 0 Å². The van der Waals surface area contributed by atoms with Gasteiger partial charge in [-0.2, -0.15) is 12.6 Å². The van der Waals surface area contributed by atoms with Crippen LogP contribution in [0.25, 0.3) is 0 Å². The zero-order valence-electron chi connectivity index (χ0n) is 10.2. The van der Waals surface area contributed by atoms with Gasteiger partial charge in [-0.05, 0) is 31.4 Å². The van der Waals surface area contributed by atoms with Crippen LogP contribution in [0.2, 0.25) is 0 Å². The van der Waals surface area contributed by atoms with Crippen molar-refractivity contribution in [1.29, 1.82) is 0 Å². The maximum atomic E-state index is 11.5. The molecule has 16 heavy (non-hydrogen) atoms. The fourth-order valence-electron chi connectivity index (χ4n) is 1.78. The number of primary amides is 1. The number of alkyl halides is 1. The van der Waals surface area contributed by atoms with Crippen LogP contribution in [0.3, 0.4) is 0 Å². The van der Waals surface area contributed by atoms with E-state index in [1.165, 1.54) is 12.8 Å². The molecule has 4 heteroatoms. The molecule has 0 bridgehead atoms. The van der Waals surface area contributed by atoms with Gasteiger partial charge in [-0.15, -0.1) is 0 Å². The molecular weight excluding hydrogens is 286 g/mol. The zero-order chi connectivity index (χ0) is 12.4. The molecule has 0 aromatic rings. The number of hydrogen-bond acceptors (Lipinski definition) is 2. The smallest absolute Gasteiger partial charge is 0.223 e. The number of unbranched alkanes of at least 4 members (excludes halogenated alkanes) is 3. The van der Waals surface area contributed by atoms with Crippen molar-refractivity contribution in [3.05, 3.63) is 0 Å². The first-order valence-corrected chi connectivity index (χ1v) is 7.79. The molecule has 0 aliphatic carbocycles. The standard InChI is InChI=1S/C12H24BrNOS/c1-12(11(14)15,8-4-6-10-16)7-3-2-5-9-13/h16H,2-10H2,1H3,(H2,14,15). The Hall–Kier alpha value is 0.300. The Morgan fingerprint density at radius 1 is 1.19 bits per heavy atom. The molecule has 0 aromatic heterocycles. The Balaban J connectivity index is 3.96. The normalized spacial score (nSPS) is 14.7. The first-order valence-electron chi connectivity index (χ1n) is 6.03. The third kappa shape index (κ3) is 6.79. The predicted octanol–water partition coefficient (Wildman–Crippen LogP) is 3.53. The Morgan fingerprint density at radius 2 is 1.75 bits per heavy atom. The second kappa shape index (κ2) is 9.34. The highest BCUT2D eigenvalue weighted by Crippen LogP contribution is 2.30. The summed E-state index contributed by atoms with van der Waals surface area (Å²) in [6.45, 7) is 2.00. The van der Waals surface area contributed by atoms with Crippen LogP contribution < -0.4 is 5.73 Å². The molecule has 0 rings (SSSR count). The third-order valence-electron chi connectivity index (χ3n) is 3.09. The van der Waals surface area contributed by atoms with E-state index in [1.807, 2.05) is 6.92 Å². The third-order valence-corrected chi connectivity index (χ3v) is 3.97. The van der Waals surface area contributed by atoms with E-state index < -0.39 is 0 Å². The fraction of sp³-hybridized carbons (Fsp3) is 0.917. The van der Waals surface area contributed by atoms with Crippen LogP contribution in [0.4, 0.5) is 0 Å². The van der Waals surface area contributed by atoms with Crippen molar-refractivity contribution in [2.75, 3.05) is 11.1 Å². The Morgan fingerprint density at radius 3 is 2.19 bits per heavy atom. The molecule has 0 aliphatic heterocycles. The summed E-state index contributed by atoms with van der Waals surface area (Å²) in [6, 6.07) is 0. The first-order chi connectivity index (χ1) is 7.56. The van der Waals surface area contributed by atoms with E-state index in [1.54, 1.807) is 0 Å². The summed E-state index contributed by atoms with van der Waals surface area (Å²) in [5.41, 5.74) is 5.19. The van der Waals surface area contributed by atoms with Crippen LogP contribution in [0.15, 0.2) is 0 Å². The highest BCUT2D eigenvalue weighted by atomic mass is 79.9. The lowest BCUT2D eigenvalue weighted by Gasteiger charge is -2.26. The minimum absolute atomic E-state index is 0.148. The van der Waals surface area contributed by atoms with Gasteiger partial charge in [0.15, 0.2) is 0 Å². The van der Waals surface area contributed by atoms with Gasteiger partial charge in [0.2, 0.25) is 5.91 Å². The van der Waals surface area contributed by atoms with E-state index in [-0.39, 0.29) is 11.3 Å². The molecule has 0 aliphatic rings. The van der Waals surface area contributed by atoms with E-state index in [4.69, 9.17) is 5.73 Å². The second-order valence-corrected chi connectivity index (χ2v) is 5.85. The van der Waals surface area contributed by atoms with Crippen LogP contribution in [-0.4, -0.2) is 17.0 Å². The molecule has 1 amide bonds. The van der Waals surface area contributed by atoms with Crippen molar-refractivity contribution in [2.45, 2.75) is 51.9 Å². The fourth-order valence-corrected chi connectivity index (χ4v) is 2.40. The molecule has 0 spiro atoms. The maximum Gasteiger partial charge on any atom is 0.223 e. The van der Waals surface area contributed by atoms with E-state index in [0.717, 1.165) is 43.2 Å². The highest BCUT2D eigenvalue weighted by Gasteiger charge is 2.29. The van der Waals surface area contributed by atoms with Crippen LogP contribution >= 0.6 is 28.6 Å². The lowest BCUT2D eigenvalue weighted by molar-refractivity contribution is -0.127. The first kappa shape index (κ1) is 16.3. The highest BCUT2D eigenvalue weighted by molar-refractivity contribution is 9.09. The number of rotatable bonds is 10. The molecule has 2 nitrogen and oxygen atoms in total.